The van der Waals surface area contributed by atoms with Crippen molar-refractivity contribution in [1.29, 1.82) is 0 Å². The molecule has 28 heavy (non-hydrogen) atoms. The molecule has 0 aliphatic rings. The molecule has 0 bridgehead atoms. The molecular formula is C20H23N3O4S. The van der Waals surface area contributed by atoms with Crippen LogP contribution in [0, 0.1) is 20.8 Å². The third-order valence-electron chi connectivity index (χ3n) is 4.50. The quantitative estimate of drug-likeness (QED) is 0.682. The number of anilines is 1. The summed E-state index contributed by atoms with van der Waals surface area (Å²) in [5, 5.41) is 4.49. The molecule has 0 unspecified atom stereocenters. The van der Waals surface area contributed by atoms with Gasteiger partial charge in [-0.25, -0.2) is 13.1 Å². The molecule has 0 atom stereocenters. The molecule has 0 aliphatic heterocycles. The summed E-state index contributed by atoms with van der Waals surface area (Å²) in [6.45, 7) is 5.31. The van der Waals surface area contributed by atoms with Crippen molar-refractivity contribution in [3.05, 3.63) is 59.4 Å². The van der Waals surface area contributed by atoms with Crippen molar-refractivity contribution in [3.8, 4) is 17.2 Å². The van der Waals surface area contributed by atoms with Crippen LogP contribution in [0.1, 0.15) is 17.0 Å². The van der Waals surface area contributed by atoms with Gasteiger partial charge < -0.3 is 9.47 Å². The Kier molecular flexibility index (Phi) is 5.33. The largest absolute Gasteiger partial charge is 0.493 e. The summed E-state index contributed by atoms with van der Waals surface area (Å²) in [6, 6.07) is 12.7. The number of hydrogen-bond donors (Lipinski definition) is 1. The van der Waals surface area contributed by atoms with Gasteiger partial charge in [-0.1, -0.05) is 18.2 Å². The third kappa shape index (κ3) is 3.55. The van der Waals surface area contributed by atoms with Gasteiger partial charge in [-0.2, -0.15) is 5.10 Å². The third-order valence-corrected chi connectivity index (χ3v) is 5.99. The summed E-state index contributed by atoms with van der Waals surface area (Å²) < 4.78 is 41.1. The van der Waals surface area contributed by atoms with Crippen LogP contribution in [-0.4, -0.2) is 32.4 Å². The van der Waals surface area contributed by atoms with Crippen molar-refractivity contribution in [2.75, 3.05) is 18.9 Å². The van der Waals surface area contributed by atoms with Crippen LogP contribution >= 0.6 is 0 Å². The number of nitrogens with one attached hydrogen (secondary N) is 1. The van der Waals surface area contributed by atoms with E-state index in [9.17, 15) is 8.42 Å². The van der Waals surface area contributed by atoms with E-state index in [1.807, 2.05) is 37.3 Å². The molecule has 8 heteroatoms. The lowest BCUT2D eigenvalue weighted by molar-refractivity contribution is 0.353. The number of aryl methyl sites for hydroxylation is 2. The van der Waals surface area contributed by atoms with Gasteiger partial charge in [0.15, 0.2) is 11.5 Å². The predicted molar refractivity (Wildman–Crippen MR) is 108 cm³/mol. The lowest BCUT2D eigenvalue weighted by Gasteiger charge is -2.14. The number of sulfonamides is 1. The summed E-state index contributed by atoms with van der Waals surface area (Å²) >= 11 is 0. The van der Waals surface area contributed by atoms with E-state index >= 15 is 0 Å². The first-order valence-electron chi connectivity index (χ1n) is 8.65. The Bertz CT molecular complexity index is 1110. The summed E-state index contributed by atoms with van der Waals surface area (Å²) in [6.07, 6.45) is 0. The Labute approximate surface area is 165 Å². The highest BCUT2D eigenvalue weighted by Gasteiger charge is 2.24. The van der Waals surface area contributed by atoms with E-state index in [1.54, 1.807) is 24.6 Å². The second-order valence-electron chi connectivity index (χ2n) is 6.37. The molecule has 1 N–H and O–H groups in total. The molecule has 2 aromatic carbocycles. The van der Waals surface area contributed by atoms with Gasteiger partial charge in [-0.3, -0.25) is 4.72 Å². The minimum atomic E-state index is -3.85. The Morgan fingerprint density at radius 3 is 2.18 bits per heavy atom. The van der Waals surface area contributed by atoms with Crippen LogP contribution in [-0.2, 0) is 10.0 Å². The molecule has 0 saturated carbocycles. The minimum Gasteiger partial charge on any atom is -0.493 e. The van der Waals surface area contributed by atoms with Gasteiger partial charge in [0.05, 0.1) is 41.9 Å². The van der Waals surface area contributed by atoms with Crippen LogP contribution in [0.3, 0.4) is 0 Å². The highest BCUT2D eigenvalue weighted by molar-refractivity contribution is 7.92. The zero-order valence-electron chi connectivity index (χ0n) is 16.5. The van der Waals surface area contributed by atoms with E-state index in [1.165, 1.54) is 20.3 Å². The van der Waals surface area contributed by atoms with Crippen LogP contribution < -0.4 is 14.2 Å². The maximum absolute atomic E-state index is 13.1. The fourth-order valence-electron chi connectivity index (χ4n) is 3.05. The zero-order valence-corrected chi connectivity index (χ0v) is 17.3. The lowest BCUT2D eigenvalue weighted by atomic mass is 10.2. The molecule has 3 aromatic rings. The molecule has 0 spiro atoms. The number of benzene rings is 2. The maximum Gasteiger partial charge on any atom is 0.262 e. The molecule has 0 radical (unpaired) electrons. The Morgan fingerprint density at radius 2 is 1.57 bits per heavy atom. The minimum absolute atomic E-state index is 0.122. The fourth-order valence-corrected chi connectivity index (χ4v) is 4.47. The van der Waals surface area contributed by atoms with Gasteiger partial charge in [-0.05, 0) is 44.5 Å². The van der Waals surface area contributed by atoms with Crippen molar-refractivity contribution in [3.63, 3.8) is 0 Å². The first-order valence-corrected chi connectivity index (χ1v) is 10.1. The summed E-state index contributed by atoms with van der Waals surface area (Å²) in [7, 11) is -0.879. The molecule has 0 aliphatic carbocycles. The normalized spacial score (nSPS) is 11.3. The van der Waals surface area contributed by atoms with Crippen LogP contribution in [0.4, 0.5) is 5.69 Å². The summed E-state index contributed by atoms with van der Waals surface area (Å²) in [5.74, 6) is 0.824. The fraction of sp³-hybridized carbons (Fsp3) is 0.250. The summed E-state index contributed by atoms with van der Waals surface area (Å²) in [4.78, 5) is 0.122. The lowest BCUT2D eigenvalue weighted by Crippen LogP contribution is -2.15. The van der Waals surface area contributed by atoms with E-state index in [4.69, 9.17) is 9.47 Å². The van der Waals surface area contributed by atoms with Gasteiger partial charge in [-0.15, -0.1) is 0 Å². The van der Waals surface area contributed by atoms with Gasteiger partial charge in [0, 0.05) is 6.07 Å². The number of rotatable bonds is 6. The highest BCUT2D eigenvalue weighted by Crippen LogP contribution is 2.34. The number of para-hydroxylation sites is 1. The monoisotopic (exact) mass is 401 g/mol. The topological polar surface area (TPSA) is 82.5 Å². The van der Waals surface area contributed by atoms with Gasteiger partial charge in [0.25, 0.3) is 10.0 Å². The van der Waals surface area contributed by atoms with E-state index < -0.39 is 10.0 Å². The van der Waals surface area contributed by atoms with Crippen molar-refractivity contribution in [2.45, 2.75) is 25.7 Å². The van der Waals surface area contributed by atoms with E-state index in [0.29, 0.717) is 34.1 Å². The maximum atomic E-state index is 13.1. The van der Waals surface area contributed by atoms with E-state index in [0.717, 1.165) is 5.69 Å². The molecule has 1 aromatic heterocycles. The molecule has 1 heterocycles. The van der Waals surface area contributed by atoms with Gasteiger partial charge >= 0.3 is 0 Å². The second kappa shape index (κ2) is 7.55. The standard InChI is InChI=1S/C20H23N3O4S/c1-13-11-17(26-4)18(27-5)12-19(13)28(24,25)22-20-14(2)21-23(15(20)3)16-9-7-6-8-10-16/h6-12,22H,1-5H3. The average molecular weight is 401 g/mol. The van der Waals surface area contributed by atoms with Crippen molar-refractivity contribution in [2.24, 2.45) is 0 Å². The Balaban J connectivity index is 2.04. The van der Waals surface area contributed by atoms with Crippen LogP contribution in [0.2, 0.25) is 0 Å². The molecule has 0 fully saturated rings. The first kappa shape index (κ1) is 19.8. The first-order chi connectivity index (χ1) is 13.3. The predicted octanol–water partition coefficient (Wildman–Crippen LogP) is 3.62. The Morgan fingerprint density at radius 1 is 0.964 bits per heavy atom. The number of nitrogens with zero attached hydrogens (tertiary/aromatic N) is 2. The van der Waals surface area contributed by atoms with Crippen LogP contribution in [0.15, 0.2) is 47.4 Å². The van der Waals surface area contributed by atoms with Crippen LogP contribution in [0.25, 0.3) is 5.69 Å². The highest BCUT2D eigenvalue weighted by atomic mass is 32.2. The second-order valence-corrected chi connectivity index (χ2v) is 8.02. The van der Waals surface area contributed by atoms with Gasteiger partial charge in [0.1, 0.15) is 0 Å². The van der Waals surface area contributed by atoms with E-state index in [-0.39, 0.29) is 4.90 Å². The van der Waals surface area contributed by atoms with Crippen molar-refractivity contribution >= 4 is 15.7 Å². The smallest absolute Gasteiger partial charge is 0.262 e. The SMILES string of the molecule is COc1cc(C)c(S(=O)(=O)Nc2c(C)nn(-c3ccccc3)c2C)cc1OC. The molecule has 148 valence electrons. The number of ether oxygens (including phenoxy) is 2. The molecule has 0 saturated heterocycles. The Hall–Kier alpha value is -3.00. The van der Waals surface area contributed by atoms with E-state index in [2.05, 4.69) is 9.82 Å². The molecule has 3 rings (SSSR count). The van der Waals surface area contributed by atoms with Crippen LogP contribution in [0.5, 0.6) is 11.5 Å². The molecule has 7 nitrogen and oxygen atoms in total. The summed E-state index contributed by atoms with van der Waals surface area (Å²) in [5.41, 5.74) is 3.15. The number of methoxy groups -OCH3 is 2. The molecule has 0 amide bonds. The van der Waals surface area contributed by atoms with Crippen molar-refractivity contribution in [1.82, 2.24) is 9.78 Å². The number of hydrogen-bond acceptors (Lipinski definition) is 5. The van der Waals surface area contributed by atoms with Gasteiger partial charge in [0.2, 0.25) is 0 Å². The van der Waals surface area contributed by atoms with Crippen molar-refractivity contribution < 1.29 is 17.9 Å². The average Bonchev–Trinajstić information content (AvgIpc) is 2.96. The zero-order chi connectivity index (χ0) is 20.5. The molecular weight excluding hydrogens is 378 g/mol. The number of aromatic nitrogens is 2.